The Labute approximate surface area is 127 Å². The largest absolute Gasteiger partial charge is 0.305 e. The molecule has 0 fully saturated rings. The molecule has 110 valence electrons. The highest BCUT2D eigenvalue weighted by Gasteiger charge is 2.17. The van der Waals surface area contributed by atoms with Gasteiger partial charge in [0.2, 0.25) is 0 Å². The third-order valence-electron chi connectivity index (χ3n) is 1.67. The van der Waals surface area contributed by atoms with Crippen LogP contribution in [0.25, 0.3) is 0 Å². The molecule has 0 atom stereocenters. The Morgan fingerprint density at radius 2 is 1.95 bits per heavy atom. The number of hydrogen-bond donors (Lipinski definition) is 1. The zero-order chi connectivity index (χ0) is 14.1. The van der Waals surface area contributed by atoms with E-state index in [9.17, 15) is 4.79 Å². The molecule has 1 amide bonds. The number of halogens is 3. The third kappa shape index (κ3) is 7.46. The highest BCUT2D eigenvalue weighted by molar-refractivity contribution is 6.34. The van der Waals surface area contributed by atoms with E-state index in [2.05, 4.69) is 25.1 Å². The van der Waals surface area contributed by atoms with Crippen LogP contribution in [0.1, 0.15) is 10.5 Å². The number of hydrogen-bond acceptors (Lipinski definition) is 6. The van der Waals surface area contributed by atoms with Gasteiger partial charge in [-0.2, -0.15) is 0 Å². The van der Waals surface area contributed by atoms with Crippen LogP contribution < -0.4 is 5.48 Å². The second kappa shape index (κ2) is 11.2. The summed E-state index contributed by atoms with van der Waals surface area (Å²) in [5.74, 6) is -0.485. The van der Waals surface area contributed by atoms with Crippen LogP contribution in [0.3, 0.4) is 0 Å². The first-order valence-corrected chi connectivity index (χ1v) is 5.43. The molecule has 0 spiro atoms. The quantitative estimate of drug-likeness (QED) is 0.847. The van der Waals surface area contributed by atoms with E-state index >= 15 is 0 Å². The molecule has 10 heteroatoms. The Kier molecular flexibility index (Phi) is 12.1. The molecule has 1 aromatic heterocycles. The summed E-state index contributed by atoms with van der Waals surface area (Å²) in [6.45, 7) is 0. The Morgan fingerprint density at radius 3 is 2.32 bits per heavy atom. The van der Waals surface area contributed by atoms with Gasteiger partial charge < -0.3 is 4.84 Å². The van der Waals surface area contributed by atoms with Gasteiger partial charge in [-0.15, -0.1) is 12.4 Å². The first kappa shape index (κ1) is 20.6. The van der Waals surface area contributed by atoms with Crippen molar-refractivity contribution in [1.29, 1.82) is 0 Å². The molecular formula is C9H15Cl3N4O3. The molecule has 0 saturated carbocycles. The number of nitrogens with zero attached hydrogens (tertiary/aromatic N) is 3. The molecule has 0 aliphatic rings. The molecule has 0 radical (unpaired) electrons. The zero-order valence-electron chi connectivity index (χ0n) is 10.8. The van der Waals surface area contributed by atoms with Gasteiger partial charge >= 0.3 is 0 Å². The van der Waals surface area contributed by atoms with Crippen LogP contribution in [0.2, 0.25) is 10.3 Å². The summed E-state index contributed by atoms with van der Waals surface area (Å²) in [5.41, 5.74) is 2.43. The van der Waals surface area contributed by atoms with Crippen LogP contribution in [-0.2, 0) is 9.68 Å². The molecule has 0 bridgehead atoms. The van der Waals surface area contributed by atoms with E-state index in [-0.39, 0.29) is 28.4 Å². The number of aromatic nitrogens is 2. The summed E-state index contributed by atoms with van der Waals surface area (Å²) < 4.78 is 0. The highest BCUT2D eigenvalue weighted by Crippen LogP contribution is 2.14. The summed E-state index contributed by atoms with van der Waals surface area (Å²) in [6, 6.07) is 0. The maximum atomic E-state index is 11.5. The lowest BCUT2D eigenvalue weighted by Gasteiger charge is -2.12. The smallest absolute Gasteiger partial charge is 0.298 e. The second-order valence-electron chi connectivity index (χ2n) is 2.73. The van der Waals surface area contributed by atoms with Crippen LogP contribution in [0, 0.1) is 0 Å². The first-order valence-electron chi connectivity index (χ1n) is 4.67. The molecule has 0 saturated heterocycles. The van der Waals surface area contributed by atoms with Crippen molar-refractivity contribution in [1.82, 2.24) is 20.5 Å². The van der Waals surface area contributed by atoms with Crippen LogP contribution in [0.4, 0.5) is 0 Å². The lowest BCUT2D eigenvalue weighted by Crippen LogP contribution is -2.26. The van der Waals surface area contributed by atoms with Gasteiger partial charge in [0, 0.05) is 14.1 Å². The fraction of sp³-hybridized carbons (Fsp3) is 0.444. The Balaban J connectivity index is 0. The fourth-order valence-electron chi connectivity index (χ4n) is 0.722. The van der Waals surface area contributed by atoms with Crippen LogP contribution in [0.15, 0.2) is 6.20 Å². The van der Waals surface area contributed by atoms with E-state index in [1.54, 1.807) is 14.2 Å². The molecule has 1 rings (SSSR count). The average molecular weight is 334 g/mol. The van der Waals surface area contributed by atoms with E-state index in [0.717, 1.165) is 5.06 Å². The van der Waals surface area contributed by atoms with Gasteiger partial charge in [0.1, 0.15) is 5.15 Å². The monoisotopic (exact) mass is 332 g/mol. The van der Waals surface area contributed by atoms with E-state index in [1.807, 2.05) is 0 Å². The summed E-state index contributed by atoms with van der Waals surface area (Å²) in [4.78, 5) is 27.9. The summed E-state index contributed by atoms with van der Waals surface area (Å²) >= 11 is 11.2. The molecule has 1 heterocycles. The number of amides is 1. The third-order valence-corrected chi connectivity index (χ3v) is 2.11. The lowest BCUT2D eigenvalue weighted by atomic mass is 10.4. The van der Waals surface area contributed by atoms with Gasteiger partial charge in [0.15, 0.2) is 10.8 Å². The molecule has 7 nitrogen and oxygen atoms in total. The normalized spacial score (nSPS) is 8.95. The summed E-state index contributed by atoms with van der Waals surface area (Å²) in [7, 11) is 6.07. The van der Waals surface area contributed by atoms with Gasteiger partial charge in [0.05, 0.1) is 20.4 Å². The zero-order valence-corrected chi connectivity index (χ0v) is 13.1. The average Bonchev–Trinajstić information content (AvgIpc) is 2.37. The molecule has 0 unspecified atom stereocenters. The van der Waals surface area contributed by atoms with E-state index in [0.29, 0.717) is 0 Å². The minimum atomic E-state index is -0.485. The van der Waals surface area contributed by atoms with Gasteiger partial charge in [0.25, 0.3) is 5.91 Å². The van der Waals surface area contributed by atoms with Gasteiger partial charge in [-0.25, -0.2) is 20.5 Å². The van der Waals surface area contributed by atoms with Crippen molar-refractivity contribution in [3.8, 4) is 0 Å². The predicted octanol–water partition coefficient (Wildman–Crippen LogP) is 1.61. The van der Waals surface area contributed by atoms with Crippen molar-refractivity contribution < 1.29 is 14.5 Å². The number of rotatable bonds is 3. The van der Waals surface area contributed by atoms with Crippen molar-refractivity contribution >= 4 is 41.5 Å². The Morgan fingerprint density at radius 1 is 1.42 bits per heavy atom. The Bertz CT molecular complexity index is 393. The molecule has 0 aromatic carbocycles. The number of nitrogens with one attached hydrogen (secondary N) is 1. The minimum absolute atomic E-state index is 0. The van der Waals surface area contributed by atoms with Crippen LogP contribution in [0.5, 0.6) is 0 Å². The standard InChI is InChI=1S/C7H7Cl2N3O2.C2H7NO.ClH/c1-12(14-2)7(13)5-6(9)11-4(8)3-10-5;1-3-4-2;/h3H,1-2H3;3H,1-2H3;1H. The van der Waals surface area contributed by atoms with Crippen LogP contribution >= 0.6 is 35.6 Å². The molecule has 0 aliphatic heterocycles. The SMILES string of the molecule is CNOC.CON(C)C(=O)c1ncc(Cl)nc1Cl.Cl. The molecule has 0 aliphatic carbocycles. The van der Waals surface area contributed by atoms with Crippen molar-refractivity contribution in [3.63, 3.8) is 0 Å². The van der Waals surface area contributed by atoms with Gasteiger partial charge in [-0.3, -0.25) is 9.63 Å². The maximum Gasteiger partial charge on any atom is 0.298 e. The second-order valence-corrected chi connectivity index (χ2v) is 3.47. The summed E-state index contributed by atoms with van der Waals surface area (Å²) in [6.07, 6.45) is 1.24. The van der Waals surface area contributed by atoms with Crippen molar-refractivity contribution in [2.75, 3.05) is 28.3 Å². The van der Waals surface area contributed by atoms with E-state index in [4.69, 9.17) is 23.2 Å². The summed E-state index contributed by atoms with van der Waals surface area (Å²) in [5, 5.41) is 1.07. The topological polar surface area (TPSA) is 76.6 Å². The van der Waals surface area contributed by atoms with Crippen molar-refractivity contribution in [3.05, 3.63) is 22.2 Å². The van der Waals surface area contributed by atoms with Crippen molar-refractivity contribution in [2.45, 2.75) is 0 Å². The molecule has 1 aromatic rings. The molecular weight excluding hydrogens is 318 g/mol. The Hall–Kier alpha value is -0.700. The van der Waals surface area contributed by atoms with Gasteiger partial charge in [-0.1, -0.05) is 23.2 Å². The van der Waals surface area contributed by atoms with Crippen LogP contribution in [-0.4, -0.2) is 49.3 Å². The number of carbonyl (C=O) groups excluding carboxylic acids is 1. The fourth-order valence-corrected chi connectivity index (χ4v) is 1.12. The van der Waals surface area contributed by atoms with E-state index in [1.165, 1.54) is 20.4 Å². The predicted molar refractivity (Wildman–Crippen MR) is 74.5 cm³/mol. The first-order chi connectivity index (χ1) is 8.47. The maximum absolute atomic E-state index is 11.5. The minimum Gasteiger partial charge on any atom is -0.305 e. The highest BCUT2D eigenvalue weighted by atomic mass is 35.5. The van der Waals surface area contributed by atoms with Crippen molar-refractivity contribution in [2.24, 2.45) is 0 Å². The van der Waals surface area contributed by atoms with Gasteiger partial charge in [-0.05, 0) is 0 Å². The number of carbonyl (C=O) groups is 1. The molecule has 19 heavy (non-hydrogen) atoms. The number of hydroxylamine groups is 3. The lowest BCUT2D eigenvalue weighted by molar-refractivity contribution is -0.0760. The molecule has 1 N–H and O–H groups in total. The van der Waals surface area contributed by atoms with E-state index < -0.39 is 5.91 Å².